The van der Waals surface area contributed by atoms with Crippen LogP contribution in [0.2, 0.25) is 0 Å². The van der Waals surface area contributed by atoms with Crippen molar-refractivity contribution in [2.24, 2.45) is 5.41 Å². The Morgan fingerprint density at radius 1 is 1.64 bits per heavy atom. The molecular formula is C8H13O3. The molecule has 1 atom stereocenters. The normalized spacial score (nSPS) is 23.0. The smallest absolute Gasteiger partial charge is 0.311 e. The van der Waals surface area contributed by atoms with Gasteiger partial charge in [-0.05, 0) is 20.8 Å². The standard InChI is InChI=1S/C8H13O3/c1-8(2,3)7(9)11-5-6-4-10-6/h5-6H,4H2,1-3H3. The number of esters is 1. The first kappa shape index (κ1) is 8.53. The number of hydrogen-bond donors (Lipinski definition) is 0. The van der Waals surface area contributed by atoms with Crippen LogP contribution >= 0.6 is 0 Å². The maximum Gasteiger partial charge on any atom is 0.311 e. The van der Waals surface area contributed by atoms with E-state index in [0.717, 1.165) is 0 Å². The third-order valence-electron chi connectivity index (χ3n) is 1.30. The van der Waals surface area contributed by atoms with E-state index >= 15 is 0 Å². The first-order valence-electron chi connectivity index (χ1n) is 3.66. The fourth-order valence-corrected chi connectivity index (χ4v) is 0.449. The molecule has 0 aromatic carbocycles. The van der Waals surface area contributed by atoms with E-state index < -0.39 is 5.41 Å². The zero-order valence-electron chi connectivity index (χ0n) is 7.09. The fourth-order valence-electron chi connectivity index (χ4n) is 0.449. The maximum absolute atomic E-state index is 11.1. The second-order valence-electron chi connectivity index (χ2n) is 3.66. The van der Waals surface area contributed by atoms with Crippen LogP contribution in [0.3, 0.4) is 0 Å². The molecule has 63 valence electrons. The highest BCUT2D eigenvalue weighted by Crippen LogP contribution is 2.19. The number of ether oxygens (including phenoxy) is 2. The Bertz CT molecular complexity index is 153. The average molecular weight is 157 g/mol. The molecule has 11 heavy (non-hydrogen) atoms. The summed E-state index contributed by atoms with van der Waals surface area (Å²) in [5, 5.41) is 0. The van der Waals surface area contributed by atoms with Gasteiger partial charge in [-0.15, -0.1) is 0 Å². The molecule has 1 fully saturated rings. The van der Waals surface area contributed by atoms with Crippen LogP contribution in [0.4, 0.5) is 0 Å². The average Bonchev–Trinajstić information content (AvgIpc) is 2.62. The monoisotopic (exact) mass is 157 g/mol. The third kappa shape index (κ3) is 2.89. The van der Waals surface area contributed by atoms with E-state index in [-0.39, 0.29) is 12.1 Å². The quantitative estimate of drug-likeness (QED) is 0.445. The van der Waals surface area contributed by atoms with E-state index in [2.05, 4.69) is 0 Å². The van der Waals surface area contributed by atoms with Gasteiger partial charge in [-0.2, -0.15) is 0 Å². The van der Waals surface area contributed by atoms with Crippen LogP contribution in [0.1, 0.15) is 20.8 Å². The van der Waals surface area contributed by atoms with E-state index in [1.54, 1.807) is 0 Å². The zero-order valence-corrected chi connectivity index (χ0v) is 7.09. The van der Waals surface area contributed by atoms with Gasteiger partial charge >= 0.3 is 5.97 Å². The molecule has 3 heteroatoms. The van der Waals surface area contributed by atoms with Crippen LogP contribution in [0.15, 0.2) is 0 Å². The van der Waals surface area contributed by atoms with Crippen molar-refractivity contribution >= 4 is 5.97 Å². The summed E-state index contributed by atoms with van der Waals surface area (Å²) < 4.78 is 9.68. The van der Waals surface area contributed by atoms with Gasteiger partial charge in [0.05, 0.1) is 12.0 Å². The molecular weight excluding hydrogens is 144 g/mol. The molecule has 0 amide bonds. The summed E-state index contributed by atoms with van der Waals surface area (Å²) in [6.45, 7) is 7.58. The van der Waals surface area contributed by atoms with E-state index in [0.29, 0.717) is 6.61 Å². The lowest BCUT2D eigenvalue weighted by molar-refractivity contribution is -0.149. The van der Waals surface area contributed by atoms with Gasteiger partial charge in [0.15, 0.2) is 6.61 Å². The highest BCUT2D eigenvalue weighted by Gasteiger charge is 2.29. The molecule has 0 aromatic heterocycles. The van der Waals surface area contributed by atoms with E-state index in [1.165, 1.54) is 6.61 Å². The van der Waals surface area contributed by atoms with Gasteiger partial charge < -0.3 is 9.47 Å². The van der Waals surface area contributed by atoms with Gasteiger partial charge in [0.1, 0.15) is 6.10 Å². The first-order valence-corrected chi connectivity index (χ1v) is 3.66. The Kier molecular flexibility index (Phi) is 2.18. The number of carbonyl (C=O) groups is 1. The summed E-state index contributed by atoms with van der Waals surface area (Å²) in [7, 11) is 0. The van der Waals surface area contributed by atoms with Gasteiger partial charge in [0, 0.05) is 0 Å². The molecule has 0 aromatic rings. The largest absolute Gasteiger partial charge is 0.455 e. The van der Waals surface area contributed by atoms with Gasteiger partial charge in [-0.3, -0.25) is 4.79 Å². The Morgan fingerprint density at radius 2 is 2.18 bits per heavy atom. The van der Waals surface area contributed by atoms with Crippen LogP contribution in [0.5, 0.6) is 0 Å². The van der Waals surface area contributed by atoms with Crippen molar-refractivity contribution in [2.75, 3.05) is 6.61 Å². The molecule has 1 heterocycles. The summed E-state index contributed by atoms with van der Waals surface area (Å²) in [5.41, 5.74) is -0.425. The van der Waals surface area contributed by atoms with Crippen LogP contribution in [0, 0.1) is 12.0 Å². The number of hydrogen-bond acceptors (Lipinski definition) is 3. The second kappa shape index (κ2) is 2.81. The van der Waals surface area contributed by atoms with Crippen LogP contribution in [-0.4, -0.2) is 18.7 Å². The lowest BCUT2D eigenvalue weighted by Crippen LogP contribution is -2.22. The molecule has 1 rings (SSSR count). The highest BCUT2D eigenvalue weighted by molar-refractivity contribution is 5.75. The van der Waals surface area contributed by atoms with E-state index in [1.807, 2.05) is 20.8 Å². The minimum Gasteiger partial charge on any atom is -0.455 e. The molecule has 0 aliphatic carbocycles. The molecule has 1 unspecified atom stereocenters. The zero-order chi connectivity index (χ0) is 8.48. The predicted molar refractivity (Wildman–Crippen MR) is 39.6 cm³/mol. The summed E-state index contributed by atoms with van der Waals surface area (Å²) in [5.74, 6) is -0.215. The van der Waals surface area contributed by atoms with Crippen molar-refractivity contribution in [2.45, 2.75) is 26.9 Å². The van der Waals surface area contributed by atoms with Gasteiger partial charge in [-0.25, -0.2) is 0 Å². The van der Waals surface area contributed by atoms with Gasteiger partial charge in [0.25, 0.3) is 0 Å². The Hall–Kier alpha value is -0.570. The molecule has 0 N–H and O–H groups in total. The minimum atomic E-state index is -0.425. The molecule has 0 spiro atoms. The lowest BCUT2D eigenvalue weighted by Gasteiger charge is -2.15. The van der Waals surface area contributed by atoms with Crippen LogP contribution < -0.4 is 0 Å². The maximum atomic E-state index is 11.1. The summed E-state index contributed by atoms with van der Waals surface area (Å²) in [6.07, 6.45) is 0.0429. The molecule has 1 saturated heterocycles. The Morgan fingerprint density at radius 3 is 2.55 bits per heavy atom. The molecule has 1 radical (unpaired) electrons. The summed E-state index contributed by atoms with van der Waals surface area (Å²) in [6, 6.07) is 0. The second-order valence-corrected chi connectivity index (χ2v) is 3.66. The van der Waals surface area contributed by atoms with E-state index in [4.69, 9.17) is 9.47 Å². The van der Waals surface area contributed by atoms with Crippen molar-refractivity contribution in [1.82, 2.24) is 0 Å². The fraction of sp³-hybridized carbons (Fsp3) is 0.750. The SMILES string of the molecule is CC(C)(C)C(=O)O[CH]C1CO1. The predicted octanol–water partition coefficient (Wildman–Crippen LogP) is 1.14. The number of rotatable bonds is 2. The van der Waals surface area contributed by atoms with Crippen molar-refractivity contribution in [3.05, 3.63) is 6.61 Å². The Balaban J connectivity index is 2.19. The first-order chi connectivity index (χ1) is 5.00. The highest BCUT2D eigenvalue weighted by atomic mass is 16.6. The van der Waals surface area contributed by atoms with Gasteiger partial charge in [-0.1, -0.05) is 0 Å². The summed E-state index contributed by atoms with van der Waals surface area (Å²) >= 11 is 0. The molecule has 0 bridgehead atoms. The lowest BCUT2D eigenvalue weighted by atomic mass is 9.97. The molecule has 3 nitrogen and oxygen atoms in total. The van der Waals surface area contributed by atoms with Crippen molar-refractivity contribution in [1.29, 1.82) is 0 Å². The third-order valence-corrected chi connectivity index (χ3v) is 1.30. The van der Waals surface area contributed by atoms with E-state index in [9.17, 15) is 4.79 Å². The minimum absolute atomic E-state index is 0.0429. The van der Waals surface area contributed by atoms with Crippen LogP contribution in [-0.2, 0) is 14.3 Å². The van der Waals surface area contributed by atoms with Crippen molar-refractivity contribution in [3.8, 4) is 0 Å². The molecule has 0 saturated carbocycles. The van der Waals surface area contributed by atoms with Crippen LogP contribution in [0.25, 0.3) is 0 Å². The topological polar surface area (TPSA) is 38.8 Å². The van der Waals surface area contributed by atoms with Crippen molar-refractivity contribution < 1.29 is 14.3 Å². The Labute approximate surface area is 66.7 Å². The number of carbonyl (C=O) groups excluding carboxylic acids is 1. The van der Waals surface area contributed by atoms with Crippen molar-refractivity contribution in [3.63, 3.8) is 0 Å². The molecule has 1 aliphatic rings. The number of epoxide rings is 1. The van der Waals surface area contributed by atoms with Gasteiger partial charge in [0.2, 0.25) is 0 Å². The summed E-state index contributed by atoms with van der Waals surface area (Å²) in [4.78, 5) is 11.1. The molecule has 1 aliphatic heterocycles.